The molecule has 146 valence electrons. The highest BCUT2D eigenvalue weighted by molar-refractivity contribution is 7.18. The number of nitrogens with one attached hydrogen (secondary N) is 1. The average Bonchev–Trinajstić information content (AvgIpc) is 3.02. The number of carbonyl (C=O) groups is 1. The standard InChI is InChI=1S/C21H25N5OS/c1-15-16(2)28-21-19(15)20(23-14-24-21)22-12-18(27)26-10-8-25(9-11-26)13-17-6-4-3-5-7-17/h3-7,14H,8-13H2,1-2H3,(H,22,23,24). The van der Waals surface area contributed by atoms with Gasteiger partial charge in [0.2, 0.25) is 5.91 Å². The maximum atomic E-state index is 12.7. The number of amides is 1. The van der Waals surface area contributed by atoms with E-state index in [4.69, 9.17) is 0 Å². The summed E-state index contributed by atoms with van der Waals surface area (Å²) in [7, 11) is 0. The molecule has 1 amide bonds. The smallest absolute Gasteiger partial charge is 0.242 e. The van der Waals surface area contributed by atoms with Gasteiger partial charge in [-0.3, -0.25) is 9.69 Å². The van der Waals surface area contributed by atoms with Crippen LogP contribution in [0.4, 0.5) is 5.82 Å². The van der Waals surface area contributed by atoms with E-state index < -0.39 is 0 Å². The molecular weight excluding hydrogens is 370 g/mol. The largest absolute Gasteiger partial charge is 0.360 e. The first-order valence-electron chi connectivity index (χ1n) is 9.60. The van der Waals surface area contributed by atoms with Crippen LogP contribution in [0.3, 0.4) is 0 Å². The first-order chi connectivity index (χ1) is 13.6. The number of aryl methyl sites for hydroxylation is 2. The van der Waals surface area contributed by atoms with Crippen LogP contribution in [-0.4, -0.2) is 58.4 Å². The molecule has 0 bridgehead atoms. The van der Waals surface area contributed by atoms with E-state index in [1.807, 2.05) is 11.0 Å². The number of rotatable bonds is 5. The molecular formula is C21H25N5OS. The zero-order valence-electron chi connectivity index (χ0n) is 16.3. The van der Waals surface area contributed by atoms with E-state index in [1.165, 1.54) is 16.0 Å². The van der Waals surface area contributed by atoms with Crippen LogP contribution in [0, 0.1) is 13.8 Å². The lowest BCUT2D eigenvalue weighted by Crippen LogP contribution is -2.49. The van der Waals surface area contributed by atoms with E-state index in [0.717, 1.165) is 48.8 Å². The third-order valence-corrected chi connectivity index (χ3v) is 6.46. The topological polar surface area (TPSA) is 61.4 Å². The Morgan fingerprint density at radius 3 is 2.61 bits per heavy atom. The molecule has 7 heteroatoms. The van der Waals surface area contributed by atoms with Crippen LogP contribution in [0.25, 0.3) is 10.2 Å². The molecule has 1 N–H and O–H groups in total. The second-order valence-corrected chi connectivity index (χ2v) is 8.38. The number of fused-ring (bicyclic) bond motifs is 1. The maximum absolute atomic E-state index is 12.7. The Morgan fingerprint density at radius 2 is 1.86 bits per heavy atom. The lowest BCUT2D eigenvalue weighted by molar-refractivity contribution is -0.131. The molecule has 0 spiro atoms. The summed E-state index contributed by atoms with van der Waals surface area (Å²) in [4.78, 5) is 27.9. The molecule has 28 heavy (non-hydrogen) atoms. The van der Waals surface area contributed by atoms with Crippen molar-refractivity contribution in [2.45, 2.75) is 20.4 Å². The van der Waals surface area contributed by atoms with Gasteiger partial charge in [-0.15, -0.1) is 11.3 Å². The van der Waals surface area contributed by atoms with E-state index in [1.54, 1.807) is 17.7 Å². The Kier molecular flexibility index (Phi) is 5.54. The number of carbonyl (C=O) groups excluding carboxylic acids is 1. The van der Waals surface area contributed by atoms with Gasteiger partial charge in [0.1, 0.15) is 17.0 Å². The summed E-state index contributed by atoms with van der Waals surface area (Å²) in [6.07, 6.45) is 1.56. The third-order valence-electron chi connectivity index (χ3n) is 5.35. The fraction of sp³-hybridized carbons (Fsp3) is 0.381. The molecule has 2 aromatic heterocycles. The molecule has 0 aliphatic carbocycles. The van der Waals surface area contributed by atoms with E-state index in [0.29, 0.717) is 0 Å². The van der Waals surface area contributed by atoms with Crippen molar-refractivity contribution >= 4 is 33.3 Å². The second kappa shape index (κ2) is 8.24. The van der Waals surface area contributed by atoms with Gasteiger partial charge in [0.05, 0.1) is 11.9 Å². The summed E-state index contributed by atoms with van der Waals surface area (Å²) in [5.41, 5.74) is 2.50. The van der Waals surface area contributed by atoms with E-state index >= 15 is 0 Å². The molecule has 0 saturated carbocycles. The van der Waals surface area contributed by atoms with Crippen molar-refractivity contribution < 1.29 is 4.79 Å². The first-order valence-corrected chi connectivity index (χ1v) is 10.4. The Hall–Kier alpha value is -2.51. The zero-order valence-corrected chi connectivity index (χ0v) is 17.1. The normalized spacial score (nSPS) is 15.1. The van der Waals surface area contributed by atoms with Crippen LogP contribution in [-0.2, 0) is 11.3 Å². The van der Waals surface area contributed by atoms with Crippen LogP contribution in [0.1, 0.15) is 16.0 Å². The van der Waals surface area contributed by atoms with Gasteiger partial charge >= 0.3 is 0 Å². The minimum atomic E-state index is 0.121. The molecule has 1 fully saturated rings. The van der Waals surface area contributed by atoms with Crippen LogP contribution in [0.2, 0.25) is 0 Å². The Balaban J connectivity index is 1.32. The highest BCUT2D eigenvalue weighted by Crippen LogP contribution is 2.32. The average molecular weight is 396 g/mol. The number of aromatic nitrogens is 2. The number of hydrogen-bond acceptors (Lipinski definition) is 6. The predicted octanol–water partition coefficient (Wildman–Crippen LogP) is 3.06. The number of benzene rings is 1. The molecule has 0 radical (unpaired) electrons. The second-order valence-electron chi connectivity index (χ2n) is 7.18. The summed E-state index contributed by atoms with van der Waals surface area (Å²) < 4.78 is 0. The first kappa shape index (κ1) is 18.8. The van der Waals surface area contributed by atoms with Crippen LogP contribution < -0.4 is 5.32 Å². The van der Waals surface area contributed by atoms with Crippen LogP contribution >= 0.6 is 11.3 Å². The van der Waals surface area contributed by atoms with Gasteiger partial charge in [-0.05, 0) is 25.0 Å². The minimum Gasteiger partial charge on any atom is -0.360 e. The van der Waals surface area contributed by atoms with Crippen LogP contribution in [0.5, 0.6) is 0 Å². The van der Waals surface area contributed by atoms with Gasteiger partial charge in [-0.2, -0.15) is 0 Å². The molecule has 4 rings (SSSR count). The van der Waals surface area contributed by atoms with Gasteiger partial charge in [0.25, 0.3) is 0 Å². The Bertz CT molecular complexity index is 964. The predicted molar refractivity (Wildman–Crippen MR) is 114 cm³/mol. The van der Waals surface area contributed by atoms with E-state index in [-0.39, 0.29) is 12.5 Å². The van der Waals surface area contributed by atoms with E-state index in [9.17, 15) is 4.79 Å². The van der Waals surface area contributed by atoms with Crippen molar-refractivity contribution in [3.8, 4) is 0 Å². The van der Waals surface area contributed by atoms with Crippen molar-refractivity contribution in [2.24, 2.45) is 0 Å². The van der Waals surface area contributed by atoms with Crippen molar-refractivity contribution in [1.82, 2.24) is 19.8 Å². The number of anilines is 1. The lowest BCUT2D eigenvalue weighted by Gasteiger charge is -2.34. The quantitative estimate of drug-likeness (QED) is 0.719. The number of nitrogens with zero attached hydrogens (tertiary/aromatic N) is 4. The van der Waals surface area contributed by atoms with Crippen molar-refractivity contribution in [1.29, 1.82) is 0 Å². The Morgan fingerprint density at radius 1 is 1.11 bits per heavy atom. The number of hydrogen-bond donors (Lipinski definition) is 1. The molecule has 6 nitrogen and oxygen atoms in total. The fourth-order valence-corrected chi connectivity index (χ4v) is 4.58. The minimum absolute atomic E-state index is 0.121. The zero-order chi connectivity index (χ0) is 19.5. The van der Waals surface area contributed by atoms with Gasteiger partial charge < -0.3 is 10.2 Å². The number of thiophene rings is 1. The molecule has 1 aliphatic heterocycles. The Labute approximate surface area is 169 Å². The lowest BCUT2D eigenvalue weighted by atomic mass is 10.2. The van der Waals surface area contributed by atoms with E-state index in [2.05, 4.69) is 58.3 Å². The molecule has 1 aliphatic rings. The molecule has 0 unspecified atom stereocenters. The molecule has 1 aromatic carbocycles. The maximum Gasteiger partial charge on any atom is 0.242 e. The molecule has 0 atom stereocenters. The highest BCUT2D eigenvalue weighted by atomic mass is 32.1. The van der Waals surface area contributed by atoms with Gasteiger partial charge in [0.15, 0.2) is 0 Å². The molecule has 3 aromatic rings. The molecule has 1 saturated heterocycles. The van der Waals surface area contributed by atoms with Crippen molar-refractivity contribution in [3.05, 3.63) is 52.7 Å². The summed E-state index contributed by atoms with van der Waals surface area (Å²) >= 11 is 1.66. The summed E-state index contributed by atoms with van der Waals surface area (Å²) in [5.74, 6) is 0.874. The third kappa shape index (κ3) is 4.00. The van der Waals surface area contributed by atoms with Crippen LogP contribution in [0.15, 0.2) is 36.7 Å². The van der Waals surface area contributed by atoms with Crippen molar-refractivity contribution in [2.75, 3.05) is 38.0 Å². The SMILES string of the molecule is Cc1sc2ncnc(NCC(=O)N3CCN(Cc4ccccc4)CC3)c2c1C. The molecule has 3 heterocycles. The number of piperazine rings is 1. The monoisotopic (exact) mass is 395 g/mol. The fourth-order valence-electron chi connectivity index (χ4n) is 3.58. The van der Waals surface area contributed by atoms with Gasteiger partial charge in [0, 0.05) is 37.6 Å². The highest BCUT2D eigenvalue weighted by Gasteiger charge is 2.21. The summed E-state index contributed by atoms with van der Waals surface area (Å²) in [6, 6.07) is 10.5. The summed E-state index contributed by atoms with van der Waals surface area (Å²) in [6.45, 7) is 8.71. The van der Waals surface area contributed by atoms with Gasteiger partial charge in [-0.25, -0.2) is 9.97 Å². The van der Waals surface area contributed by atoms with Crippen molar-refractivity contribution in [3.63, 3.8) is 0 Å². The summed E-state index contributed by atoms with van der Waals surface area (Å²) in [5, 5.41) is 4.27. The van der Waals surface area contributed by atoms with Gasteiger partial charge in [-0.1, -0.05) is 30.3 Å².